The molecule has 0 amide bonds. The molecule has 2 aromatic heterocycles. The highest BCUT2D eigenvalue weighted by Crippen LogP contribution is 2.15. The van der Waals surface area contributed by atoms with E-state index in [1.165, 1.54) is 10.9 Å². The molecule has 102 valence electrons. The van der Waals surface area contributed by atoms with Crippen molar-refractivity contribution in [2.45, 2.75) is 19.4 Å². The number of nitrogen functional groups attached to an aromatic ring is 1. The Balaban J connectivity index is 2.03. The molecule has 3 N–H and O–H groups in total. The van der Waals surface area contributed by atoms with Crippen LogP contribution in [0.4, 0.5) is 5.95 Å². The van der Waals surface area contributed by atoms with Gasteiger partial charge in [-0.05, 0) is 18.9 Å². The molecule has 6 nitrogen and oxygen atoms in total. The first kappa shape index (κ1) is 12.4. The first-order valence-electron chi connectivity index (χ1n) is 6.42. The second-order valence-electron chi connectivity index (χ2n) is 4.79. The molecule has 2 heterocycles. The number of fused-ring (bicyclic) bond motifs is 1. The summed E-state index contributed by atoms with van der Waals surface area (Å²) in [5.41, 5.74) is 7.61. The smallest absolute Gasteiger partial charge is 0.281 e. The molecule has 3 aromatic rings. The van der Waals surface area contributed by atoms with Gasteiger partial charge in [0.1, 0.15) is 0 Å². The van der Waals surface area contributed by atoms with E-state index in [0.717, 1.165) is 5.56 Å². The summed E-state index contributed by atoms with van der Waals surface area (Å²) in [6.45, 7) is 1.95. The zero-order valence-corrected chi connectivity index (χ0v) is 11.1. The van der Waals surface area contributed by atoms with Gasteiger partial charge in [-0.25, -0.2) is 4.98 Å². The number of imidazole rings is 1. The van der Waals surface area contributed by atoms with Gasteiger partial charge < -0.3 is 10.7 Å². The van der Waals surface area contributed by atoms with Crippen molar-refractivity contribution >= 4 is 17.1 Å². The lowest BCUT2D eigenvalue weighted by atomic mass is 10.1. The maximum absolute atomic E-state index is 12.4. The summed E-state index contributed by atoms with van der Waals surface area (Å²) in [4.78, 5) is 23.3. The molecule has 0 saturated carbocycles. The third-order valence-corrected chi connectivity index (χ3v) is 3.33. The summed E-state index contributed by atoms with van der Waals surface area (Å²) in [5.74, 6) is 0.193. The summed E-state index contributed by atoms with van der Waals surface area (Å²) in [7, 11) is 0. The molecule has 0 aliphatic heterocycles. The lowest BCUT2D eigenvalue weighted by molar-refractivity contribution is 0.531. The number of nitrogens with two attached hydrogens (primary N) is 1. The lowest BCUT2D eigenvalue weighted by Crippen LogP contribution is -2.28. The van der Waals surface area contributed by atoms with E-state index in [1.807, 2.05) is 37.3 Å². The average Bonchev–Trinajstić information content (AvgIpc) is 2.88. The SMILES string of the molecule is CC(Cc1ccccc1)n1c(N)nc2nc[nH]c2c1=O. The van der Waals surface area contributed by atoms with Crippen molar-refractivity contribution in [2.24, 2.45) is 0 Å². The van der Waals surface area contributed by atoms with E-state index in [1.54, 1.807) is 0 Å². The second-order valence-corrected chi connectivity index (χ2v) is 4.79. The number of rotatable bonds is 3. The largest absolute Gasteiger partial charge is 0.369 e. The van der Waals surface area contributed by atoms with Crippen LogP contribution in [-0.4, -0.2) is 19.5 Å². The molecule has 1 unspecified atom stereocenters. The molecule has 0 fully saturated rings. The lowest BCUT2D eigenvalue weighted by Gasteiger charge is -2.16. The van der Waals surface area contributed by atoms with Gasteiger partial charge in [0.2, 0.25) is 5.95 Å². The molecular formula is C14H15N5O. The van der Waals surface area contributed by atoms with Crippen molar-refractivity contribution in [1.82, 2.24) is 19.5 Å². The molecule has 0 radical (unpaired) electrons. The van der Waals surface area contributed by atoms with Gasteiger partial charge in [0.25, 0.3) is 5.56 Å². The van der Waals surface area contributed by atoms with Crippen molar-refractivity contribution < 1.29 is 0 Å². The average molecular weight is 269 g/mol. The number of hydrogen-bond donors (Lipinski definition) is 2. The number of aromatic nitrogens is 4. The molecule has 0 aliphatic rings. The summed E-state index contributed by atoms with van der Waals surface area (Å²) in [6, 6.07) is 9.90. The Morgan fingerprint density at radius 2 is 2.10 bits per heavy atom. The van der Waals surface area contributed by atoms with E-state index in [0.29, 0.717) is 17.6 Å². The Bertz CT molecular complexity index is 790. The Morgan fingerprint density at radius 1 is 1.35 bits per heavy atom. The van der Waals surface area contributed by atoms with E-state index in [4.69, 9.17) is 5.73 Å². The molecular weight excluding hydrogens is 254 g/mol. The highest BCUT2D eigenvalue weighted by Gasteiger charge is 2.15. The van der Waals surface area contributed by atoms with Gasteiger partial charge >= 0.3 is 0 Å². The van der Waals surface area contributed by atoms with Gasteiger partial charge in [0.15, 0.2) is 11.2 Å². The summed E-state index contributed by atoms with van der Waals surface area (Å²) in [5, 5.41) is 0. The van der Waals surface area contributed by atoms with E-state index < -0.39 is 0 Å². The van der Waals surface area contributed by atoms with Crippen LogP contribution < -0.4 is 11.3 Å². The van der Waals surface area contributed by atoms with E-state index in [9.17, 15) is 4.79 Å². The fourth-order valence-electron chi connectivity index (χ4n) is 2.39. The maximum atomic E-state index is 12.4. The molecule has 3 rings (SSSR count). The van der Waals surface area contributed by atoms with Crippen LogP contribution in [0.3, 0.4) is 0 Å². The van der Waals surface area contributed by atoms with Gasteiger partial charge in [-0.15, -0.1) is 0 Å². The minimum absolute atomic E-state index is 0.0786. The molecule has 6 heteroatoms. The Kier molecular flexibility index (Phi) is 2.98. The number of aromatic amines is 1. The van der Waals surface area contributed by atoms with Crippen LogP contribution >= 0.6 is 0 Å². The zero-order chi connectivity index (χ0) is 14.1. The van der Waals surface area contributed by atoms with Crippen LogP contribution in [0.25, 0.3) is 11.2 Å². The van der Waals surface area contributed by atoms with Gasteiger partial charge in [0.05, 0.1) is 6.33 Å². The fourth-order valence-corrected chi connectivity index (χ4v) is 2.39. The number of nitrogens with zero attached hydrogens (tertiary/aromatic N) is 3. The molecule has 1 aromatic carbocycles. The predicted octanol–water partition coefficient (Wildman–Crippen LogP) is 1.51. The highest BCUT2D eigenvalue weighted by molar-refractivity contribution is 5.69. The fraction of sp³-hybridized carbons (Fsp3) is 0.214. The molecule has 0 spiro atoms. The summed E-state index contributed by atoms with van der Waals surface area (Å²) < 4.78 is 1.51. The summed E-state index contributed by atoms with van der Waals surface area (Å²) in [6.07, 6.45) is 2.16. The van der Waals surface area contributed by atoms with E-state index in [-0.39, 0.29) is 17.5 Å². The van der Waals surface area contributed by atoms with E-state index >= 15 is 0 Å². The number of nitrogens with one attached hydrogen (secondary N) is 1. The Labute approximate surface area is 115 Å². The number of anilines is 1. The first-order chi connectivity index (χ1) is 9.66. The van der Waals surface area contributed by atoms with Crippen molar-refractivity contribution in [2.75, 3.05) is 5.73 Å². The number of benzene rings is 1. The molecule has 1 atom stereocenters. The van der Waals surface area contributed by atoms with Crippen molar-refractivity contribution in [3.8, 4) is 0 Å². The monoisotopic (exact) mass is 269 g/mol. The van der Waals surface area contributed by atoms with Gasteiger partial charge in [-0.3, -0.25) is 9.36 Å². The highest BCUT2D eigenvalue weighted by atomic mass is 16.1. The topological polar surface area (TPSA) is 89.6 Å². The normalized spacial score (nSPS) is 12.7. The van der Waals surface area contributed by atoms with Crippen LogP contribution in [-0.2, 0) is 6.42 Å². The van der Waals surface area contributed by atoms with Crippen molar-refractivity contribution in [1.29, 1.82) is 0 Å². The Hall–Kier alpha value is -2.63. The molecule has 0 aliphatic carbocycles. The third-order valence-electron chi connectivity index (χ3n) is 3.33. The van der Waals surface area contributed by atoms with Crippen molar-refractivity contribution in [3.05, 3.63) is 52.6 Å². The maximum Gasteiger partial charge on any atom is 0.281 e. The van der Waals surface area contributed by atoms with Gasteiger partial charge in [-0.2, -0.15) is 4.98 Å². The molecule has 0 bridgehead atoms. The molecule has 20 heavy (non-hydrogen) atoms. The van der Waals surface area contributed by atoms with Crippen LogP contribution in [0.1, 0.15) is 18.5 Å². The van der Waals surface area contributed by atoms with Crippen LogP contribution in [0.2, 0.25) is 0 Å². The Morgan fingerprint density at radius 3 is 2.85 bits per heavy atom. The molecule has 0 saturated heterocycles. The van der Waals surface area contributed by atoms with Crippen LogP contribution in [0.15, 0.2) is 41.5 Å². The van der Waals surface area contributed by atoms with E-state index in [2.05, 4.69) is 15.0 Å². The number of H-pyrrole nitrogens is 1. The number of hydrogen-bond acceptors (Lipinski definition) is 4. The quantitative estimate of drug-likeness (QED) is 0.754. The predicted molar refractivity (Wildman–Crippen MR) is 77.4 cm³/mol. The third kappa shape index (κ3) is 2.05. The zero-order valence-electron chi connectivity index (χ0n) is 11.1. The van der Waals surface area contributed by atoms with Gasteiger partial charge in [-0.1, -0.05) is 30.3 Å². The van der Waals surface area contributed by atoms with Gasteiger partial charge in [0, 0.05) is 6.04 Å². The minimum Gasteiger partial charge on any atom is -0.369 e. The van der Waals surface area contributed by atoms with Crippen LogP contribution in [0, 0.1) is 0 Å². The van der Waals surface area contributed by atoms with Crippen LogP contribution in [0.5, 0.6) is 0 Å². The van der Waals surface area contributed by atoms with Crippen molar-refractivity contribution in [3.63, 3.8) is 0 Å². The minimum atomic E-state index is -0.187. The standard InChI is InChI=1S/C14H15N5O/c1-9(7-10-5-3-2-4-6-10)19-13(20)11-12(17-8-16-11)18-14(19)15/h2-6,8-9H,7H2,1H3,(H2,15,18)(H,16,17). The second kappa shape index (κ2) is 4.80. The summed E-state index contributed by atoms with van der Waals surface area (Å²) >= 11 is 0. The first-order valence-corrected chi connectivity index (χ1v) is 6.42.